The van der Waals surface area contributed by atoms with Gasteiger partial charge in [0.15, 0.2) is 0 Å². The van der Waals surface area contributed by atoms with Crippen LogP contribution in [0.2, 0.25) is 0 Å². The average Bonchev–Trinajstić information content (AvgIpc) is 2.39. The van der Waals surface area contributed by atoms with Crippen LogP contribution < -0.4 is 10.1 Å². The number of hydrogen-bond acceptors (Lipinski definition) is 2. The van der Waals surface area contributed by atoms with E-state index < -0.39 is 0 Å². The van der Waals surface area contributed by atoms with Crippen molar-refractivity contribution in [1.82, 2.24) is 5.32 Å². The van der Waals surface area contributed by atoms with E-state index in [2.05, 4.69) is 42.0 Å². The summed E-state index contributed by atoms with van der Waals surface area (Å²) in [6, 6.07) is 8.03. The van der Waals surface area contributed by atoms with Gasteiger partial charge in [-0.15, -0.1) is 0 Å². The van der Waals surface area contributed by atoms with Crippen molar-refractivity contribution >= 4 is 15.9 Å². The first-order valence-electron chi connectivity index (χ1n) is 7.22. The van der Waals surface area contributed by atoms with E-state index >= 15 is 0 Å². The van der Waals surface area contributed by atoms with Crippen LogP contribution >= 0.6 is 15.9 Å². The molecule has 0 spiro atoms. The van der Waals surface area contributed by atoms with E-state index in [9.17, 15) is 0 Å². The first-order chi connectivity index (χ1) is 9.13. The summed E-state index contributed by atoms with van der Waals surface area (Å²) in [5.74, 6) is 2.33. The van der Waals surface area contributed by atoms with Crippen LogP contribution in [-0.4, -0.2) is 19.7 Å². The Morgan fingerprint density at radius 1 is 1.21 bits per heavy atom. The van der Waals surface area contributed by atoms with E-state index in [4.69, 9.17) is 4.74 Å². The van der Waals surface area contributed by atoms with Crippen LogP contribution in [0.15, 0.2) is 28.7 Å². The molecule has 19 heavy (non-hydrogen) atoms. The Bertz CT molecular complexity index is 337. The lowest BCUT2D eigenvalue weighted by molar-refractivity contribution is 0.244. The molecular formula is C16H26BrNO. The Kier molecular flexibility index (Phi) is 8.15. The summed E-state index contributed by atoms with van der Waals surface area (Å²) in [5, 5.41) is 3.51. The molecule has 0 amide bonds. The van der Waals surface area contributed by atoms with E-state index in [1.54, 1.807) is 0 Å². The van der Waals surface area contributed by atoms with Gasteiger partial charge in [0.2, 0.25) is 0 Å². The maximum atomic E-state index is 5.80. The molecule has 108 valence electrons. The van der Waals surface area contributed by atoms with Gasteiger partial charge in [-0.25, -0.2) is 0 Å². The van der Waals surface area contributed by atoms with Crippen LogP contribution in [0.3, 0.4) is 0 Å². The van der Waals surface area contributed by atoms with Crippen molar-refractivity contribution < 1.29 is 4.74 Å². The van der Waals surface area contributed by atoms with Crippen molar-refractivity contribution in [3.05, 3.63) is 28.7 Å². The Morgan fingerprint density at radius 2 is 1.89 bits per heavy atom. The molecule has 0 saturated heterocycles. The van der Waals surface area contributed by atoms with Crippen molar-refractivity contribution in [2.24, 2.45) is 11.8 Å². The molecule has 0 aliphatic rings. The SMILES string of the molecule is CCCNCC(CCOc1ccc(Br)cc1)C(C)C. The lowest BCUT2D eigenvalue weighted by atomic mass is 9.93. The average molecular weight is 328 g/mol. The standard InChI is InChI=1S/C16H26BrNO/c1-4-10-18-12-14(13(2)3)9-11-19-16-7-5-15(17)6-8-16/h5-8,13-14,18H,4,9-12H2,1-3H3. The maximum Gasteiger partial charge on any atom is 0.119 e. The largest absolute Gasteiger partial charge is 0.494 e. The molecule has 0 heterocycles. The highest BCUT2D eigenvalue weighted by molar-refractivity contribution is 9.10. The molecule has 1 atom stereocenters. The minimum atomic E-state index is 0.682. The zero-order chi connectivity index (χ0) is 14.1. The summed E-state index contributed by atoms with van der Waals surface area (Å²) < 4.78 is 6.89. The summed E-state index contributed by atoms with van der Waals surface area (Å²) in [7, 11) is 0. The molecule has 0 radical (unpaired) electrons. The van der Waals surface area contributed by atoms with E-state index in [1.165, 1.54) is 6.42 Å². The molecule has 1 N–H and O–H groups in total. The summed E-state index contributed by atoms with van der Waals surface area (Å²) in [5.41, 5.74) is 0. The molecule has 0 bridgehead atoms. The first-order valence-corrected chi connectivity index (χ1v) is 8.01. The first kappa shape index (κ1) is 16.5. The highest BCUT2D eigenvalue weighted by Crippen LogP contribution is 2.18. The minimum Gasteiger partial charge on any atom is -0.494 e. The highest BCUT2D eigenvalue weighted by Gasteiger charge is 2.12. The Labute approximate surface area is 126 Å². The molecule has 2 nitrogen and oxygen atoms in total. The predicted molar refractivity (Wildman–Crippen MR) is 85.7 cm³/mol. The fourth-order valence-electron chi connectivity index (χ4n) is 1.99. The second kappa shape index (κ2) is 9.38. The van der Waals surface area contributed by atoms with Crippen molar-refractivity contribution in [3.63, 3.8) is 0 Å². The molecule has 0 aliphatic carbocycles. The van der Waals surface area contributed by atoms with Gasteiger partial charge in [-0.1, -0.05) is 36.7 Å². The fourth-order valence-corrected chi connectivity index (χ4v) is 2.26. The smallest absolute Gasteiger partial charge is 0.119 e. The Balaban J connectivity index is 2.29. The van der Waals surface area contributed by atoms with Crippen molar-refractivity contribution in [2.45, 2.75) is 33.6 Å². The van der Waals surface area contributed by atoms with Gasteiger partial charge in [0.25, 0.3) is 0 Å². The number of halogens is 1. The molecule has 3 heteroatoms. The molecule has 0 aromatic heterocycles. The summed E-state index contributed by atoms with van der Waals surface area (Å²) in [4.78, 5) is 0. The number of ether oxygens (including phenoxy) is 1. The second-order valence-corrected chi connectivity index (χ2v) is 6.21. The number of rotatable bonds is 9. The van der Waals surface area contributed by atoms with Gasteiger partial charge in [0.05, 0.1) is 6.61 Å². The van der Waals surface area contributed by atoms with Gasteiger partial charge >= 0.3 is 0 Å². The van der Waals surface area contributed by atoms with Crippen LogP contribution in [-0.2, 0) is 0 Å². The monoisotopic (exact) mass is 327 g/mol. The summed E-state index contributed by atoms with van der Waals surface area (Å²) in [6.07, 6.45) is 2.30. The Morgan fingerprint density at radius 3 is 2.47 bits per heavy atom. The number of benzene rings is 1. The minimum absolute atomic E-state index is 0.682. The van der Waals surface area contributed by atoms with Gasteiger partial charge in [-0.3, -0.25) is 0 Å². The molecule has 0 aliphatic heterocycles. The van der Waals surface area contributed by atoms with E-state index in [-0.39, 0.29) is 0 Å². The summed E-state index contributed by atoms with van der Waals surface area (Å²) >= 11 is 3.43. The maximum absolute atomic E-state index is 5.80. The molecular weight excluding hydrogens is 302 g/mol. The van der Waals surface area contributed by atoms with E-state index in [1.807, 2.05) is 24.3 Å². The zero-order valence-electron chi connectivity index (χ0n) is 12.3. The molecule has 1 aromatic carbocycles. The van der Waals surface area contributed by atoms with Gasteiger partial charge in [0, 0.05) is 4.47 Å². The molecule has 1 rings (SSSR count). The van der Waals surface area contributed by atoms with Gasteiger partial charge in [0.1, 0.15) is 5.75 Å². The van der Waals surface area contributed by atoms with Crippen molar-refractivity contribution in [2.75, 3.05) is 19.7 Å². The van der Waals surface area contributed by atoms with Crippen LogP contribution in [0.4, 0.5) is 0 Å². The zero-order valence-corrected chi connectivity index (χ0v) is 13.9. The van der Waals surface area contributed by atoms with Gasteiger partial charge in [-0.05, 0) is 62.0 Å². The third-order valence-electron chi connectivity index (χ3n) is 3.35. The number of nitrogens with one attached hydrogen (secondary N) is 1. The molecule has 1 aromatic rings. The normalized spacial score (nSPS) is 12.7. The van der Waals surface area contributed by atoms with Crippen molar-refractivity contribution in [1.29, 1.82) is 0 Å². The van der Waals surface area contributed by atoms with E-state index in [0.29, 0.717) is 11.8 Å². The van der Waals surface area contributed by atoms with Crippen LogP contribution in [0, 0.1) is 11.8 Å². The predicted octanol–water partition coefficient (Wildman–Crippen LogP) is 4.49. The second-order valence-electron chi connectivity index (χ2n) is 5.30. The van der Waals surface area contributed by atoms with Gasteiger partial charge in [-0.2, -0.15) is 0 Å². The quantitative estimate of drug-likeness (QED) is 0.675. The van der Waals surface area contributed by atoms with E-state index in [0.717, 1.165) is 36.3 Å². The lowest BCUT2D eigenvalue weighted by Gasteiger charge is -2.21. The Hall–Kier alpha value is -0.540. The number of hydrogen-bond donors (Lipinski definition) is 1. The van der Waals surface area contributed by atoms with Gasteiger partial charge < -0.3 is 10.1 Å². The third kappa shape index (κ3) is 6.98. The highest BCUT2D eigenvalue weighted by atomic mass is 79.9. The third-order valence-corrected chi connectivity index (χ3v) is 3.88. The lowest BCUT2D eigenvalue weighted by Crippen LogP contribution is -2.28. The topological polar surface area (TPSA) is 21.3 Å². The van der Waals surface area contributed by atoms with Crippen LogP contribution in [0.1, 0.15) is 33.6 Å². The molecule has 0 fully saturated rings. The summed E-state index contributed by atoms with van der Waals surface area (Å²) in [6.45, 7) is 9.77. The fraction of sp³-hybridized carbons (Fsp3) is 0.625. The van der Waals surface area contributed by atoms with Crippen molar-refractivity contribution in [3.8, 4) is 5.75 Å². The molecule has 0 saturated carbocycles. The van der Waals surface area contributed by atoms with Crippen LogP contribution in [0.25, 0.3) is 0 Å². The molecule has 1 unspecified atom stereocenters. The van der Waals surface area contributed by atoms with Crippen LogP contribution in [0.5, 0.6) is 5.75 Å².